The number of hydrogen-bond donors (Lipinski definition) is 1. The number of nitrogens with zero attached hydrogens (tertiary/aromatic N) is 3. The number of amides is 1. The quantitative estimate of drug-likeness (QED) is 0.504. The van der Waals surface area contributed by atoms with Crippen molar-refractivity contribution in [2.75, 3.05) is 32.7 Å². The summed E-state index contributed by atoms with van der Waals surface area (Å²) in [5.74, 6) is -1.55. The van der Waals surface area contributed by atoms with E-state index in [1.807, 2.05) is 20.8 Å². The molecule has 8 nitrogen and oxygen atoms in total. The SMILES string of the molecule is CC(C)(C)OC(=O)N1CCN(CC2CCc3c(c4cc(F)ccc4n3Cc3ccc(C(=O)O)cc3)C2=O)CC1. The third-order valence-electron chi connectivity index (χ3n) is 7.52. The smallest absolute Gasteiger partial charge is 0.410 e. The number of carboxylic acid groups (broad SMARTS) is 1. The summed E-state index contributed by atoms with van der Waals surface area (Å²) in [7, 11) is 0. The summed E-state index contributed by atoms with van der Waals surface area (Å²) in [6, 6.07) is 11.2. The van der Waals surface area contributed by atoms with E-state index < -0.39 is 11.6 Å². The highest BCUT2D eigenvalue weighted by atomic mass is 19.1. The van der Waals surface area contributed by atoms with Crippen molar-refractivity contribution < 1.29 is 28.6 Å². The van der Waals surface area contributed by atoms with E-state index in [2.05, 4.69) is 9.47 Å². The largest absolute Gasteiger partial charge is 0.478 e. The molecule has 1 atom stereocenters. The fraction of sp³-hybridized carbons (Fsp3) is 0.433. The average Bonchev–Trinajstić information content (AvgIpc) is 3.18. The number of ketones is 1. The molecule has 1 amide bonds. The molecule has 1 fully saturated rings. The molecule has 0 saturated carbocycles. The number of carbonyl (C=O) groups is 3. The Hall–Kier alpha value is -3.72. The number of Topliss-reactive ketones (excluding diaryl/α,β-unsaturated/α-hetero) is 1. The van der Waals surface area contributed by atoms with Gasteiger partial charge in [-0.15, -0.1) is 0 Å². The molecule has 2 heterocycles. The summed E-state index contributed by atoms with van der Waals surface area (Å²) in [4.78, 5) is 41.4. The number of piperazine rings is 1. The number of carboxylic acids is 1. The van der Waals surface area contributed by atoms with Gasteiger partial charge >= 0.3 is 12.1 Å². The lowest BCUT2D eigenvalue weighted by Gasteiger charge is -2.37. The van der Waals surface area contributed by atoms with Crippen molar-refractivity contribution in [1.29, 1.82) is 0 Å². The standard InChI is InChI=1S/C30H34FN3O5/c1-30(2,3)39-29(38)33-14-12-32(13-15-33)18-21-8-10-25-26(27(21)35)23-16-22(31)9-11-24(23)34(25)17-19-4-6-20(7-5-19)28(36)37/h4-7,9,11,16,21H,8,10,12-15,17-18H2,1-3H3,(H,36,37). The van der Waals surface area contributed by atoms with Crippen LogP contribution in [-0.2, 0) is 17.7 Å². The zero-order valence-electron chi connectivity index (χ0n) is 22.6. The normalized spacial score (nSPS) is 18.3. The van der Waals surface area contributed by atoms with Gasteiger partial charge in [0.1, 0.15) is 11.4 Å². The van der Waals surface area contributed by atoms with Gasteiger partial charge in [-0.1, -0.05) is 12.1 Å². The molecule has 3 aromatic rings. The second kappa shape index (κ2) is 10.4. The fourth-order valence-corrected chi connectivity index (χ4v) is 5.60. The summed E-state index contributed by atoms with van der Waals surface area (Å²) >= 11 is 0. The summed E-state index contributed by atoms with van der Waals surface area (Å²) in [5, 5.41) is 9.82. The Bertz CT molecular complexity index is 1420. The average molecular weight is 536 g/mol. The van der Waals surface area contributed by atoms with Gasteiger partial charge in [-0.05, 0) is 69.5 Å². The number of hydrogen-bond acceptors (Lipinski definition) is 5. The highest BCUT2D eigenvalue weighted by Crippen LogP contribution is 2.36. The first-order chi connectivity index (χ1) is 18.5. The summed E-state index contributed by atoms with van der Waals surface area (Å²) in [6.45, 7) is 9.03. The molecule has 0 bridgehead atoms. The minimum Gasteiger partial charge on any atom is -0.478 e. The number of carbonyl (C=O) groups excluding carboxylic acids is 2. The second-order valence-corrected chi connectivity index (χ2v) is 11.4. The molecule has 2 aromatic carbocycles. The maximum Gasteiger partial charge on any atom is 0.410 e. The third-order valence-corrected chi connectivity index (χ3v) is 7.52. The van der Waals surface area contributed by atoms with Gasteiger partial charge in [0, 0.05) is 67.3 Å². The van der Waals surface area contributed by atoms with Crippen molar-refractivity contribution >= 4 is 28.7 Å². The van der Waals surface area contributed by atoms with Crippen LogP contribution in [0.5, 0.6) is 0 Å². The summed E-state index contributed by atoms with van der Waals surface area (Å²) in [5.41, 5.74) is 2.86. The first kappa shape index (κ1) is 26.9. The van der Waals surface area contributed by atoms with Crippen LogP contribution in [0.25, 0.3) is 10.9 Å². The van der Waals surface area contributed by atoms with Gasteiger partial charge in [0.05, 0.1) is 5.56 Å². The molecule has 1 N–H and O–H groups in total. The Morgan fingerprint density at radius 2 is 1.74 bits per heavy atom. The summed E-state index contributed by atoms with van der Waals surface area (Å²) in [6.07, 6.45) is 1.06. The van der Waals surface area contributed by atoms with Crippen molar-refractivity contribution in [3.63, 3.8) is 0 Å². The summed E-state index contributed by atoms with van der Waals surface area (Å²) < 4.78 is 21.9. The van der Waals surface area contributed by atoms with E-state index in [1.165, 1.54) is 12.1 Å². The molecule has 0 spiro atoms. The third kappa shape index (κ3) is 5.68. The molecule has 2 aliphatic rings. The number of ether oxygens (including phenoxy) is 1. The van der Waals surface area contributed by atoms with E-state index in [4.69, 9.17) is 4.74 Å². The highest BCUT2D eigenvalue weighted by Gasteiger charge is 2.35. The first-order valence-corrected chi connectivity index (χ1v) is 13.4. The van der Waals surface area contributed by atoms with Gasteiger partial charge in [0.15, 0.2) is 5.78 Å². The van der Waals surface area contributed by atoms with Crippen LogP contribution in [0, 0.1) is 11.7 Å². The van der Waals surface area contributed by atoms with Crippen molar-refractivity contribution in [2.45, 2.75) is 45.8 Å². The lowest BCUT2D eigenvalue weighted by atomic mass is 9.84. The molecule has 1 unspecified atom stereocenters. The molecule has 9 heteroatoms. The predicted octanol–water partition coefficient (Wildman–Crippen LogP) is 4.82. The van der Waals surface area contributed by atoms with E-state index in [-0.39, 0.29) is 29.2 Å². The molecule has 39 heavy (non-hydrogen) atoms. The van der Waals surface area contributed by atoms with Gasteiger partial charge in [-0.3, -0.25) is 9.69 Å². The van der Waals surface area contributed by atoms with Crippen molar-refractivity contribution in [3.8, 4) is 0 Å². The zero-order valence-corrected chi connectivity index (χ0v) is 22.6. The topological polar surface area (TPSA) is 92.1 Å². The van der Waals surface area contributed by atoms with Crippen LogP contribution in [0.2, 0.25) is 0 Å². The number of benzene rings is 2. The number of aromatic nitrogens is 1. The molecule has 1 aliphatic heterocycles. The maximum atomic E-state index is 14.3. The van der Waals surface area contributed by atoms with Crippen LogP contribution in [-0.4, -0.2) is 75.6 Å². The van der Waals surface area contributed by atoms with Gasteiger partial charge in [-0.25, -0.2) is 14.0 Å². The van der Waals surface area contributed by atoms with Crippen molar-refractivity contribution in [2.24, 2.45) is 5.92 Å². The minimum atomic E-state index is -0.983. The van der Waals surface area contributed by atoms with Crippen molar-refractivity contribution in [3.05, 3.63) is 70.7 Å². The number of halogens is 1. The fourth-order valence-electron chi connectivity index (χ4n) is 5.60. The van der Waals surface area contributed by atoms with Gasteiger partial charge in [0.25, 0.3) is 0 Å². The highest BCUT2D eigenvalue weighted by molar-refractivity contribution is 6.11. The Balaban J connectivity index is 1.33. The molecule has 5 rings (SSSR count). The molecule has 1 aliphatic carbocycles. The van der Waals surface area contributed by atoms with E-state index in [0.29, 0.717) is 63.1 Å². The number of rotatable bonds is 5. The van der Waals surface area contributed by atoms with Gasteiger partial charge in [0.2, 0.25) is 0 Å². The van der Waals surface area contributed by atoms with Crippen LogP contribution >= 0.6 is 0 Å². The van der Waals surface area contributed by atoms with Crippen LogP contribution in [0.15, 0.2) is 42.5 Å². The van der Waals surface area contributed by atoms with E-state index in [9.17, 15) is 23.9 Å². The monoisotopic (exact) mass is 535 g/mol. The first-order valence-electron chi connectivity index (χ1n) is 13.4. The Morgan fingerprint density at radius 1 is 1.05 bits per heavy atom. The Labute approximate surface area is 226 Å². The minimum absolute atomic E-state index is 0.0291. The zero-order chi connectivity index (χ0) is 27.9. The maximum absolute atomic E-state index is 14.3. The lowest BCUT2D eigenvalue weighted by molar-refractivity contribution is 0.0130. The van der Waals surface area contributed by atoms with E-state index in [0.717, 1.165) is 16.8 Å². The van der Waals surface area contributed by atoms with Gasteiger partial charge < -0.3 is 19.3 Å². The van der Waals surface area contributed by atoms with E-state index >= 15 is 0 Å². The molecular weight excluding hydrogens is 501 g/mol. The van der Waals surface area contributed by atoms with Crippen molar-refractivity contribution in [1.82, 2.24) is 14.4 Å². The van der Waals surface area contributed by atoms with Crippen LogP contribution in [0.3, 0.4) is 0 Å². The predicted molar refractivity (Wildman–Crippen MR) is 145 cm³/mol. The molecule has 0 radical (unpaired) electrons. The second-order valence-electron chi connectivity index (χ2n) is 11.4. The Morgan fingerprint density at radius 3 is 2.38 bits per heavy atom. The lowest BCUT2D eigenvalue weighted by Crippen LogP contribution is -2.51. The number of fused-ring (bicyclic) bond motifs is 3. The molecule has 1 saturated heterocycles. The van der Waals surface area contributed by atoms with Crippen LogP contribution in [0.4, 0.5) is 9.18 Å². The van der Waals surface area contributed by atoms with Crippen LogP contribution < -0.4 is 0 Å². The van der Waals surface area contributed by atoms with Crippen LogP contribution in [0.1, 0.15) is 59.2 Å². The molecule has 206 valence electrons. The Kier molecular flexibility index (Phi) is 7.20. The number of aromatic carboxylic acids is 1. The van der Waals surface area contributed by atoms with E-state index in [1.54, 1.807) is 35.2 Å². The molecule has 1 aromatic heterocycles. The molecular formula is C30H34FN3O5. The van der Waals surface area contributed by atoms with Gasteiger partial charge in [-0.2, -0.15) is 0 Å².